The lowest BCUT2D eigenvalue weighted by atomic mass is 9.82. The van der Waals surface area contributed by atoms with Gasteiger partial charge < -0.3 is 12.9 Å². The summed E-state index contributed by atoms with van der Waals surface area (Å²) in [7, 11) is 0. The molecule has 0 unspecified atom stereocenters. The maximum absolute atomic E-state index is 11.9. The Balaban J connectivity index is 2.77. The van der Waals surface area contributed by atoms with Gasteiger partial charge in [0.15, 0.2) is 0 Å². The second kappa shape index (κ2) is 3.39. The highest BCUT2D eigenvalue weighted by molar-refractivity contribution is 6.57. The van der Waals surface area contributed by atoms with Gasteiger partial charge in [0.2, 0.25) is 0 Å². The molecule has 0 N–H and O–H groups in total. The van der Waals surface area contributed by atoms with E-state index in [4.69, 9.17) is 11.6 Å². The van der Waals surface area contributed by atoms with Crippen molar-refractivity contribution in [3.63, 3.8) is 0 Å². The molecule has 1 aromatic carbocycles. The zero-order valence-corrected chi connectivity index (χ0v) is 6.86. The van der Waals surface area contributed by atoms with Crippen LogP contribution in [0.15, 0.2) is 24.3 Å². The zero-order chi connectivity index (χ0) is 9.19. The van der Waals surface area contributed by atoms with Gasteiger partial charge in [0.05, 0.1) is 0 Å². The Morgan fingerprint density at radius 3 is 2.42 bits per heavy atom. The van der Waals surface area contributed by atoms with Crippen molar-refractivity contribution in [2.24, 2.45) is 0 Å². The van der Waals surface area contributed by atoms with E-state index in [0.717, 1.165) is 0 Å². The van der Waals surface area contributed by atoms with Gasteiger partial charge in [-0.15, -0.1) is 0 Å². The van der Waals surface area contributed by atoms with E-state index in [9.17, 15) is 12.9 Å². The lowest BCUT2D eigenvalue weighted by molar-refractivity contribution is 0.468. The molecule has 66 valence electrons. The Hall–Kier alpha value is -0.635. The average molecular weight is 193 g/mol. The van der Waals surface area contributed by atoms with E-state index in [2.05, 4.69) is 0 Å². The first-order valence-electron chi connectivity index (χ1n) is 3.43. The predicted octanol–water partition coefficient (Wildman–Crippen LogP) is 3.27. The molecule has 0 saturated heterocycles. The lowest BCUT2D eigenvalue weighted by Crippen LogP contribution is -2.19. The molecular weight excluding hydrogens is 187 g/mol. The fourth-order valence-electron chi connectivity index (χ4n) is 0.931. The van der Waals surface area contributed by atoms with Gasteiger partial charge in [-0.2, -0.15) is 0 Å². The van der Waals surface area contributed by atoms with Crippen LogP contribution in [0.5, 0.6) is 0 Å². The van der Waals surface area contributed by atoms with Crippen molar-refractivity contribution in [1.29, 1.82) is 0 Å². The third-order valence-electron chi connectivity index (χ3n) is 1.36. The first-order valence-corrected chi connectivity index (χ1v) is 3.80. The maximum Gasteiger partial charge on any atom is 0.482 e. The van der Waals surface area contributed by atoms with Gasteiger partial charge in [-0.25, -0.2) is 0 Å². The molecule has 0 fully saturated rings. The van der Waals surface area contributed by atoms with Crippen molar-refractivity contribution < 1.29 is 12.9 Å². The first kappa shape index (κ1) is 9.45. The third kappa shape index (κ3) is 3.18. The summed E-state index contributed by atoms with van der Waals surface area (Å²) in [5.41, 5.74) is 0.218. The summed E-state index contributed by atoms with van der Waals surface area (Å²) in [6, 6.07) is 5.81. The van der Waals surface area contributed by atoms with Crippen molar-refractivity contribution in [2.75, 3.05) is 0 Å². The monoisotopic (exact) mass is 193 g/mol. The minimum absolute atomic E-state index is 0.218. The molecule has 0 amide bonds. The predicted molar refractivity (Wildman–Crippen MR) is 44.2 cm³/mol. The number of hydrogen-bond acceptors (Lipinski definition) is 0. The Bertz CT molecular complexity index is 272. The smallest absolute Gasteiger partial charge is 0.449 e. The molecule has 1 aromatic rings. The molecule has 0 spiro atoms. The van der Waals surface area contributed by atoms with E-state index >= 15 is 0 Å². The standard InChI is InChI=1S/C7H6BClF3/c9-7-3-1-2-6(4-7)5-8(10,11)12/h1-4H,5H2/q-1. The highest BCUT2D eigenvalue weighted by Crippen LogP contribution is 2.18. The molecule has 0 aliphatic carbocycles. The molecule has 0 nitrogen and oxygen atoms in total. The van der Waals surface area contributed by atoms with Gasteiger partial charge >= 0.3 is 6.98 Å². The van der Waals surface area contributed by atoms with Crippen LogP contribution >= 0.6 is 11.6 Å². The normalized spacial score (nSPS) is 11.7. The zero-order valence-electron chi connectivity index (χ0n) is 6.11. The van der Waals surface area contributed by atoms with Gasteiger partial charge in [-0.3, -0.25) is 0 Å². The van der Waals surface area contributed by atoms with E-state index < -0.39 is 13.3 Å². The van der Waals surface area contributed by atoms with Crippen LogP contribution in [0.2, 0.25) is 5.02 Å². The Morgan fingerprint density at radius 1 is 1.25 bits per heavy atom. The minimum atomic E-state index is -4.75. The van der Waals surface area contributed by atoms with Crippen LogP contribution in [0.1, 0.15) is 5.56 Å². The molecule has 12 heavy (non-hydrogen) atoms. The van der Waals surface area contributed by atoms with E-state index in [1.165, 1.54) is 18.2 Å². The van der Waals surface area contributed by atoms with Gasteiger partial charge in [0, 0.05) is 5.02 Å². The molecule has 1 rings (SSSR count). The van der Waals surface area contributed by atoms with Crippen LogP contribution in [0.25, 0.3) is 0 Å². The molecule has 0 aliphatic rings. The molecular formula is C7H6BClF3-. The average Bonchev–Trinajstić information content (AvgIpc) is 1.82. The van der Waals surface area contributed by atoms with Gasteiger partial charge in [0.25, 0.3) is 0 Å². The van der Waals surface area contributed by atoms with Crippen LogP contribution in [0.4, 0.5) is 12.9 Å². The van der Waals surface area contributed by atoms with Crippen LogP contribution < -0.4 is 0 Å². The second-order valence-electron chi connectivity index (χ2n) is 2.54. The number of hydrogen-bond donors (Lipinski definition) is 0. The molecule has 5 heteroatoms. The van der Waals surface area contributed by atoms with E-state index in [1.807, 2.05) is 0 Å². The fraction of sp³-hybridized carbons (Fsp3) is 0.143. The summed E-state index contributed by atoms with van der Waals surface area (Å²) < 4.78 is 35.7. The summed E-state index contributed by atoms with van der Waals surface area (Å²) in [5.74, 6) is 0. The molecule has 0 heterocycles. The van der Waals surface area contributed by atoms with Crippen molar-refractivity contribution >= 4 is 18.6 Å². The molecule has 0 bridgehead atoms. The largest absolute Gasteiger partial charge is 0.482 e. The van der Waals surface area contributed by atoms with Gasteiger partial charge in [-0.05, 0) is 12.1 Å². The molecule has 0 aliphatic heterocycles. The van der Waals surface area contributed by atoms with Gasteiger partial charge in [0.1, 0.15) is 0 Å². The number of rotatable bonds is 2. The van der Waals surface area contributed by atoms with Crippen molar-refractivity contribution in [1.82, 2.24) is 0 Å². The lowest BCUT2D eigenvalue weighted by Gasteiger charge is -2.12. The molecule has 0 atom stereocenters. The van der Waals surface area contributed by atoms with Crippen LogP contribution in [-0.2, 0) is 6.32 Å². The van der Waals surface area contributed by atoms with E-state index in [1.54, 1.807) is 6.07 Å². The minimum Gasteiger partial charge on any atom is -0.449 e. The highest BCUT2D eigenvalue weighted by atomic mass is 35.5. The fourth-order valence-corrected chi connectivity index (χ4v) is 1.14. The molecule has 0 radical (unpaired) electrons. The Morgan fingerprint density at radius 2 is 1.92 bits per heavy atom. The third-order valence-corrected chi connectivity index (χ3v) is 1.59. The number of halogens is 4. The van der Waals surface area contributed by atoms with Crippen molar-refractivity contribution in [3.05, 3.63) is 34.9 Å². The van der Waals surface area contributed by atoms with Gasteiger partial charge in [-0.1, -0.05) is 35.6 Å². The molecule has 0 aromatic heterocycles. The SMILES string of the molecule is F[B-](F)(F)Cc1cccc(Cl)c1. The quantitative estimate of drug-likeness (QED) is 0.632. The van der Waals surface area contributed by atoms with Crippen LogP contribution in [-0.4, -0.2) is 6.98 Å². The highest BCUT2D eigenvalue weighted by Gasteiger charge is 2.22. The van der Waals surface area contributed by atoms with Crippen molar-refractivity contribution in [3.8, 4) is 0 Å². The van der Waals surface area contributed by atoms with E-state index in [-0.39, 0.29) is 5.56 Å². The van der Waals surface area contributed by atoms with Crippen LogP contribution in [0, 0.1) is 0 Å². The maximum atomic E-state index is 11.9. The molecule has 0 saturated carbocycles. The summed E-state index contributed by atoms with van der Waals surface area (Å²) in [6.07, 6.45) is -0.861. The Kier molecular flexibility index (Phi) is 2.67. The summed E-state index contributed by atoms with van der Waals surface area (Å²) >= 11 is 5.51. The summed E-state index contributed by atoms with van der Waals surface area (Å²) in [6.45, 7) is -4.75. The van der Waals surface area contributed by atoms with E-state index in [0.29, 0.717) is 5.02 Å². The Labute approximate surface area is 73.4 Å². The topological polar surface area (TPSA) is 0 Å². The van der Waals surface area contributed by atoms with Crippen molar-refractivity contribution in [2.45, 2.75) is 6.32 Å². The second-order valence-corrected chi connectivity index (χ2v) is 2.98. The summed E-state index contributed by atoms with van der Waals surface area (Å²) in [5, 5.41) is 0.340. The first-order chi connectivity index (χ1) is 5.47. The summed E-state index contributed by atoms with van der Waals surface area (Å²) in [4.78, 5) is 0. The van der Waals surface area contributed by atoms with Crippen LogP contribution in [0.3, 0.4) is 0 Å². The number of benzene rings is 1.